The quantitative estimate of drug-likeness (QED) is 0.549. The molecule has 1 heterocycles. The van der Waals surface area contributed by atoms with Crippen LogP contribution in [0, 0.1) is 5.92 Å². The van der Waals surface area contributed by atoms with Gasteiger partial charge in [-0.15, -0.1) is 0 Å². The molecule has 0 atom stereocenters. The van der Waals surface area contributed by atoms with Crippen molar-refractivity contribution in [1.82, 2.24) is 10.9 Å². The van der Waals surface area contributed by atoms with Crippen LogP contribution in [0.25, 0.3) is 0 Å². The molecule has 0 aromatic rings. The summed E-state index contributed by atoms with van der Waals surface area (Å²) in [6.07, 6.45) is 0. The zero-order valence-corrected chi connectivity index (χ0v) is 7.81. The van der Waals surface area contributed by atoms with Crippen LogP contribution < -0.4 is 10.9 Å². The van der Waals surface area contributed by atoms with Crippen molar-refractivity contribution in [2.45, 2.75) is 26.4 Å². The van der Waals surface area contributed by atoms with E-state index in [9.17, 15) is 4.79 Å². The van der Waals surface area contributed by atoms with Crippen LogP contribution in [0.2, 0.25) is 0 Å². The SMILES string of the molecule is CC(C)(C)OC(=O)C1CNNC1. The van der Waals surface area contributed by atoms with Crippen LogP contribution in [0.15, 0.2) is 0 Å². The van der Waals surface area contributed by atoms with E-state index < -0.39 is 0 Å². The summed E-state index contributed by atoms with van der Waals surface area (Å²) in [5, 5.41) is 0. The standard InChI is InChI=1S/C8H16N2O2/c1-8(2,3)12-7(11)6-4-9-10-5-6/h6,9-10H,4-5H2,1-3H3. The van der Waals surface area contributed by atoms with Crippen molar-refractivity contribution in [2.75, 3.05) is 13.1 Å². The Bertz CT molecular complexity index is 168. The number of hydrazine groups is 1. The molecule has 0 aliphatic carbocycles. The topological polar surface area (TPSA) is 50.4 Å². The Morgan fingerprint density at radius 2 is 1.83 bits per heavy atom. The van der Waals surface area contributed by atoms with Crippen molar-refractivity contribution in [3.8, 4) is 0 Å². The van der Waals surface area contributed by atoms with Gasteiger partial charge >= 0.3 is 5.97 Å². The maximum atomic E-state index is 11.4. The van der Waals surface area contributed by atoms with Gasteiger partial charge in [0.2, 0.25) is 0 Å². The Morgan fingerprint density at radius 1 is 1.33 bits per heavy atom. The largest absolute Gasteiger partial charge is 0.460 e. The highest BCUT2D eigenvalue weighted by Crippen LogP contribution is 2.11. The minimum absolute atomic E-state index is 0.0378. The van der Waals surface area contributed by atoms with E-state index in [4.69, 9.17) is 4.74 Å². The Labute approximate surface area is 72.6 Å². The first-order valence-electron chi connectivity index (χ1n) is 4.17. The van der Waals surface area contributed by atoms with Crippen LogP contribution in [0.5, 0.6) is 0 Å². The van der Waals surface area contributed by atoms with E-state index >= 15 is 0 Å². The Hall–Kier alpha value is -0.610. The van der Waals surface area contributed by atoms with Gasteiger partial charge in [-0.2, -0.15) is 0 Å². The van der Waals surface area contributed by atoms with Gasteiger partial charge in [0.15, 0.2) is 0 Å². The van der Waals surface area contributed by atoms with Gasteiger partial charge in [-0.1, -0.05) is 0 Å². The van der Waals surface area contributed by atoms with E-state index in [2.05, 4.69) is 10.9 Å². The number of rotatable bonds is 1. The van der Waals surface area contributed by atoms with Gasteiger partial charge in [-0.25, -0.2) is 0 Å². The summed E-state index contributed by atoms with van der Waals surface area (Å²) in [5.74, 6) is -0.163. The zero-order valence-electron chi connectivity index (χ0n) is 7.81. The Kier molecular flexibility index (Phi) is 2.69. The molecule has 0 saturated carbocycles. The van der Waals surface area contributed by atoms with E-state index in [1.807, 2.05) is 20.8 Å². The van der Waals surface area contributed by atoms with Crippen LogP contribution in [0.1, 0.15) is 20.8 Å². The fourth-order valence-corrected chi connectivity index (χ4v) is 1.01. The van der Waals surface area contributed by atoms with Gasteiger partial charge in [-0.3, -0.25) is 15.6 Å². The van der Waals surface area contributed by atoms with Crippen LogP contribution >= 0.6 is 0 Å². The number of hydrogen-bond acceptors (Lipinski definition) is 4. The van der Waals surface area contributed by atoms with E-state index in [0.717, 1.165) is 0 Å². The van der Waals surface area contributed by atoms with E-state index in [1.54, 1.807) is 0 Å². The van der Waals surface area contributed by atoms with Crippen LogP contribution in [0.4, 0.5) is 0 Å². The fourth-order valence-electron chi connectivity index (χ4n) is 1.01. The van der Waals surface area contributed by atoms with Crippen LogP contribution in [-0.4, -0.2) is 24.7 Å². The first-order valence-corrected chi connectivity index (χ1v) is 4.17. The molecular formula is C8H16N2O2. The molecule has 12 heavy (non-hydrogen) atoms. The van der Waals surface area contributed by atoms with Gasteiger partial charge in [-0.05, 0) is 20.8 Å². The van der Waals surface area contributed by atoms with Crippen LogP contribution in [0.3, 0.4) is 0 Å². The van der Waals surface area contributed by atoms with Gasteiger partial charge in [0.25, 0.3) is 0 Å². The first-order chi connectivity index (χ1) is 5.49. The third-order valence-corrected chi connectivity index (χ3v) is 1.56. The van der Waals surface area contributed by atoms with Gasteiger partial charge in [0.05, 0.1) is 5.92 Å². The van der Waals surface area contributed by atoms with Crippen molar-refractivity contribution in [2.24, 2.45) is 5.92 Å². The summed E-state index contributed by atoms with van der Waals surface area (Å²) in [5.41, 5.74) is 5.40. The van der Waals surface area contributed by atoms with Crippen LogP contribution in [-0.2, 0) is 9.53 Å². The van der Waals surface area contributed by atoms with Crippen molar-refractivity contribution in [3.63, 3.8) is 0 Å². The molecule has 0 unspecified atom stereocenters. The highest BCUT2D eigenvalue weighted by atomic mass is 16.6. The molecule has 1 aliphatic rings. The average Bonchev–Trinajstić information content (AvgIpc) is 2.32. The molecule has 0 radical (unpaired) electrons. The molecule has 1 fully saturated rings. The van der Waals surface area contributed by atoms with Gasteiger partial charge in [0, 0.05) is 13.1 Å². The lowest BCUT2D eigenvalue weighted by Crippen LogP contribution is -2.30. The molecule has 0 bridgehead atoms. The second kappa shape index (κ2) is 3.41. The first kappa shape index (κ1) is 9.48. The predicted molar refractivity (Wildman–Crippen MR) is 45.3 cm³/mol. The number of hydrogen-bond donors (Lipinski definition) is 2. The van der Waals surface area contributed by atoms with Crippen molar-refractivity contribution in [1.29, 1.82) is 0 Å². The fraction of sp³-hybridized carbons (Fsp3) is 0.875. The number of nitrogens with one attached hydrogen (secondary N) is 2. The summed E-state index contributed by atoms with van der Waals surface area (Å²) in [4.78, 5) is 11.4. The average molecular weight is 172 g/mol. The molecule has 1 rings (SSSR count). The summed E-state index contributed by atoms with van der Waals surface area (Å²) in [6.45, 7) is 6.95. The molecule has 1 saturated heterocycles. The smallest absolute Gasteiger partial charge is 0.312 e. The third-order valence-electron chi connectivity index (χ3n) is 1.56. The zero-order chi connectivity index (χ0) is 9.19. The minimum Gasteiger partial charge on any atom is -0.460 e. The monoisotopic (exact) mass is 172 g/mol. The Balaban J connectivity index is 2.37. The number of ether oxygens (including phenoxy) is 1. The third kappa shape index (κ3) is 2.79. The molecule has 0 spiro atoms. The molecular weight excluding hydrogens is 156 g/mol. The molecule has 4 nitrogen and oxygen atoms in total. The van der Waals surface area contributed by atoms with Gasteiger partial charge < -0.3 is 4.74 Å². The number of esters is 1. The lowest BCUT2D eigenvalue weighted by Gasteiger charge is -2.21. The second-order valence-electron chi connectivity index (χ2n) is 3.99. The van der Waals surface area contributed by atoms with Gasteiger partial charge in [0.1, 0.15) is 5.60 Å². The van der Waals surface area contributed by atoms with Crippen molar-refractivity contribution >= 4 is 5.97 Å². The normalized spacial score (nSPS) is 19.6. The lowest BCUT2D eigenvalue weighted by atomic mass is 10.1. The molecule has 0 aromatic heterocycles. The maximum Gasteiger partial charge on any atom is 0.312 e. The lowest BCUT2D eigenvalue weighted by molar-refractivity contribution is -0.158. The van der Waals surface area contributed by atoms with E-state index in [1.165, 1.54) is 0 Å². The molecule has 1 aliphatic heterocycles. The summed E-state index contributed by atoms with van der Waals surface area (Å²) in [6, 6.07) is 0. The summed E-state index contributed by atoms with van der Waals surface area (Å²) < 4.78 is 5.20. The number of carbonyl (C=O) groups is 1. The highest BCUT2D eigenvalue weighted by molar-refractivity contribution is 5.73. The maximum absolute atomic E-state index is 11.4. The molecule has 0 aromatic carbocycles. The number of carbonyl (C=O) groups excluding carboxylic acids is 1. The molecule has 2 N–H and O–H groups in total. The van der Waals surface area contributed by atoms with Crippen molar-refractivity contribution in [3.05, 3.63) is 0 Å². The highest BCUT2D eigenvalue weighted by Gasteiger charge is 2.27. The molecule has 70 valence electrons. The second-order valence-corrected chi connectivity index (χ2v) is 3.99. The Morgan fingerprint density at radius 3 is 2.25 bits per heavy atom. The van der Waals surface area contributed by atoms with E-state index in [0.29, 0.717) is 13.1 Å². The predicted octanol–water partition coefficient (Wildman–Crippen LogP) is 0.0521. The minimum atomic E-state index is -0.375. The van der Waals surface area contributed by atoms with E-state index in [-0.39, 0.29) is 17.5 Å². The van der Waals surface area contributed by atoms with Crippen molar-refractivity contribution < 1.29 is 9.53 Å². The summed E-state index contributed by atoms with van der Waals surface area (Å²) in [7, 11) is 0. The molecule has 0 amide bonds. The summed E-state index contributed by atoms with van der Waals surface area (Å²) >= 11 is 0. The molecule has 4 heteroatoms.